The number of nitrogens with zero attached hydrogens (tertiary/aromatic N) is 4. The maximum Gasteiger partial charge on any atom is 0.288 e. The molecule has 1 aliphatic heterocycles. The largest absolute Gasteiger partial charge is 0.409 e. The molecule has 4 aromatic rings. The second-order valence-corrected chi connectivity index (χ2v) is 8.66. The van der Waals surface area contributed by atoms with E-state index in [9.17, 15) is 0 Å². The second-order valence-electron chi connectivity index (χ2n) is 6.34. The molecule has 4 aromatic heterocycles. The van der Waals surface area contributed by atoms with Crippen molar-refractivity contribution >= 4 is 34.9 Å². The van der Waals surface area contributed by atoms with E-state index in [1.165, 1.54) is 15.3 Å². The lowest BCUT2D eigenvalue weighted by molar-refractivity contribution is 0.157. The van der Waals surface area contributed by atoms with Crippen molar-refractivity contribution in [1.82, 2.24) is 19.7 Å². The minimum atomic E-state index is 0.237. The van der Waals surface area contributed by atoms with Gasteiger partial charge in [-0.1, -0.05) is 6.07 Å². The van der Waals surface area contributed by atoms with Crippen molar-refractivity contribution in [3.8, 4) is 11.5 Å². The molecule has 0 radical (unpaired) electrons. The van der Waals surface area contributed by atoms with E-state index >= 15 is 0 Å². The van der Waals surface area contributed by atoms with Crippen LogP contribution in [0.3, 0.4) is 0 Å². The van der Waals surface area contributed by atoms with Crippen molar-refractivity contribution in [2.24, 2.45) is 0 Å². The molecule has 0 aliphatic carbocycles. The zero-order valence-electron chi connectivity index (χ0n) is 14.3. The summed E-state index contributed by atoms with van der Waals surface area (Å²) < 4.78 is 7.50. The van der Waals surface area contributed by atoms with Crippen LogP contribution in [0.1, 0.15) is 21.4 Å². The molecule has 136 valence electrons. The van der Waals surface area contributed by atoms with Gasteiger partial charge in [-0.3, -0.25) is 9.88 Å². The Morgan fingerprint density at radius 1 is 1.19 bits per heavy atom. The van der Waals surface area contributed by atoms with E-state index in [1.807, 2.05) is 23.5 Å². The van der Waals surface area contributed by atoms with Gasteiger partial charge < -0.3 is 4.42 Å². The van der Waals surface area contributed by atoms with Crippen LogP contribution in [-0.4, -0.2) is 26.2 Å². The lowest BCUT2D eigenvalue weighted by Gasteiger charge is -2.34. The number of thiophene rings is 2. The molecule has 0 saturated heterocycles. The van der Waals surface area contributed by atoms with E-state index in [4.69, 9.17) is 16.6 Å². The Morgan fingerprint density at radius 2 is 2.15 bits per heavy atom. The summed E-state index contributed by atoms with van der Waals surface area (Å²) in [6, 6.07) is 10.6. The highest BCUT2D eigenvalue weighted by Crippen LogP contribution is 2.39. The van der Waals surface area contributed by atoms with E-state index in [2.05, 4.69) is 43.9 Å². The summed E-state index contributed by atoms with van der Waals surface area (Å²) in [6.45, 7) is 1.56. The molecule has 0 spiro atoms. The van der Waals surface area contributed by atoms with Crippen LogP contribution in [0.25, 0.3) is 11.5 Å². The molecule has 5 nitrogen and oxygen atoms in total. The number of fused-ring (bicyclic) bond motifs is 1. The fraction of sp³-hybridized carbons (Fsp3) is 0.211. The fourth-order valence-corrected chi connectivity index (χ4v) is 5.43. The van der Waals surface area contributed by atoms with Crippen LogP contribution in [0.2, 0.25) is 0 Å². The van der Waals surface area contributed by atoms with Gasteiger partial charge in [-0.15, -0.1) is 27.8 Å². The summed E-state index contributed by atoms with van der Waals surface area (Å²) >= 11 is 9.07. The predicted octanol–water partition coefficient (Wildman–Crippen LogP) is 5.00. The minimum Gasteiger partial charge on any atom is -0.409 e. The lowest BCUT2D eigenvalue weighted by Crippen LogP contribution is -2.36. The third-order valence-electron chi connectivity index (χ3n) is 4.71. The minimum absolute atomic E-state index is 0.237. The molecule has 0 N–H and O–H groups in total. The van der Waals surface area contributed by atoms with Crippen molar-refractivity contribution in [2.75, 3.05) is 6.54 Å². The summed E-state index contributed by atoms with van der Waals surface area (Å²) in [4.78, 5) is 9.76. The Bertz CT molecular complexity index is 1100. The maximum atomic E-state index is 5.73. The predicted molar refractivity (Wildman–Crippen MR) is 109 cm³/mol. The highest BCUT2D eigenvalue weighted by Gasteiger charge is 2.31. The first kappa shape index (κ1) is 17.0. The van der Waals surface area contributed by atoms with Gasteiger partial charge in [0.1, 0.15) is 0 Å². The second kappa shape index (κ2) is 7.12. The Labute approximate surface area is 169 Å². The summed E-state index contributed by atoms with van der Waals surface area (Å²) in [5.74, 6) is 0.508. The van der Waals surface area contributed by atoms with Gasteiger partial charge in [0.15, 0.2) is 0 Å². The van der Waals surface area contributed by atoms with Gasteiger partial charge in [0, 0.05) is 28.7 Å². The van der Waals surface area contributed by atoms with E-state index in [0.717, 1.165) is 18.5 Å². The quantitative estimate of drug-likeness (QED) is 0.442. The van der Waals surface area contributed by atoms with Crippen LogP contribution in [0.5, 0.6) is 0 Å². The molecule has 8 heteroatoms. The number of hydrogen-bond acceptors (Lipinski definition) is 7. The number of pyridine rings is 1. The van der Waals surface area contributed by atoms with Gasteiger partial charge in [-0.2, -0.15) is 0 Å². The molecular weight excluding hydrogens is 396 g/mol. The van der Waals surface area contributed by atoms with Crippen LogP contribution in [0.15, 0.2) is 57.9 Å². The summed E-state index contributed by atoms with van der Waals surface area (Å²) in [5.41, 5.74) is 2.23. The summed E-state index contributed by atoms with van der Waals surface area (Å²) in [5, 5.41) is 8.93. The number of hydrogen-bond donors (Lipinski definition) is 0. The van der Waals surface area contributed by atoms with Crippen LogP contribution in [-0.2, 0) is 13.1 Å². The van der Waals surface area contributed by atoms with Gasteiger partial charge >= 0.3 is 0 Å². The summed E-state index contributed by atoms with van der Waals surface area (Å²) in [7, 11) is 0. The molecule has 0 unspecified atom stereocenters. The molecule has 1 atom stereocenters. The highest BCUT2D eigenvalue weighted by molar-refractivity contribution is 7.71. The molecule has 1 aliphatic rings. The molecule has 0 bridgehead atoms. The smallest absolute Gasteiger partial charge is 0.288 e. The zero-order chi connectivity index (χ0) is 18.2. The van der Waals surface area contributed by atoms with Gasteiger partial charge in [0.25, 0.3) is 4.84 Å². The number of rotatable bonds is 4. The molecule has 27 heavy (non-hydrogen) atoms. The third-order valence-corrected chi connectivity index (χ3v) is 6.92. The Morgan fingerprint density at radius 3 is 2.96 bits per heavy atom. The highest BCUT2D eigenvalue weighted by atomic mass is 32.1. The van der Waals surface area contributed by atoms with Gasteiger partial charge in [0.2, 0.25) is 5.89 Å². The van der Waals surface area contributed by atoms with E-state index in [1.54, 1.807) is 28.4 Å². The number of aromatic nitrogens is 3. The Kier molecular flexibility index (Phi) is 4.48. The first-order valence-corrected chi connectivity index (χ1v) is 10.8. The van der Waals surface area contributed by atoms with Crippen molar-refractivity contribution in [1.29, 1.82) is 0 Å². The zero-order valence-corrected chi connectivity index (χ0v) is 16.8. The Balaban J connectivity index is 1.48. The normalized spacial score (nSPS) is 17.1. The van der Waals surface area contributed by atoms with Crippen LogP contribution in [0.4, 0.5) is 0 Å². The standard InChI is InChI=1S/C19H16N4OS3/c25-19-23(21-18(24-19)13-3-1-7-20-11-13)12-22-8-5-15-14(6-10-27-15)17(22)16-4-2-9-26-16/h1-4,6-7,9-11,17H,5,8,12H2/t17-/m0/s1. The van der Waals surface area contributed by atoms with E-state index in [0.29, 0.717) is 17.4 Å². The van der Waals surface area contributed by atoms with Gasteiger partial charge in [0.05, 0.1) is 18.3 Å². The molecule has 5 rings (SSSR count). The van der Waals surface area contributed by atoms with Crippen molar-refractivity contribution < 1.29 is 4.42 Å². The van der Waals surface area contributed by atoms with E-state index < -0.39 is 0 Å². The van der Waals surface area contributed by atoms with Gasteiger partial charge in [-0.25, -0.2) is 4.68 Å². The first-order valence-electron chi connectivity index (χ1n) is 8.61. The Hall–Kier alpha value is -2.13. The molecule has 0 saturated carbocycles. The van der Waals surface area contributed by atoms with Crippen LogP contribution in [0, 0.1) is 4.84 Å². The van der Waals surface area contributed by atoms with Crippen molar-refractivity contribution in [2.45, 2.75) is 19.1 Å². The van der Waals surface area contributed by atoms with Crippen LogP contribution < -0.4 is 0 Å². The fourth-order valence-electron chi connectivity index (χ4n) is 3.47. The molecule has 0 amide bonds. The SMILES string of the molecule is S=c1oc(-c2cccnc2)nn1CN1CCc2sccc2[C@H]1c1cccs1. The van der Waals surface area contributed by atoms with Crippen molar-refractivity contribution in [3.05, 3.63) is 73.6 Å². The maximum absolute atomic E-state index is 5.73. The van der Waals surface area contributed by atoms with Gasteiger partial charge in [-0.05, 0) is 59.2 Å². The topological polar surface area (TPSA) is 47.1 Å². The third kappa shape index (κ3) is 3.19. The summed E-state index contributed by atoms with van der Waals surface area (Å²) in [6.07, 6.45) is 4.51. The lowest BCUT2D eigenvalue weighted by atomic mass is 9.99. The van der Waals surface area contributed by atoms with Crippen molar-refractivity contribution in [3.63, 3.8) is 0 Å². The van der Waals surface area contributed by atoms with E-state index in [-0.39, 0.29) is 6.04 Å². The average Bonchev–Trinajstić information content (AvgIpc) is 3.44. The first-order chi connectivity index (χ1) is 13.3. The molecule has 0 aromatic carbocycles. The average molecular weight is 413 g/mol. The molecule has 0 fully saturated rings. The monoisotopic (exact) mass is 412 g/mol. The molecular formula is C19H16N4OS3. The molecule has 5 heterocycles. The van der Waals surface area contributed by atoms with Crippen LogP contribution >= 0.6 is 34.9 Å².